The van der Waals surface area contributed by atoms with Gasteiger partial charge in [0.15, 0.2) is 0 Å². The van der Waals surface area contributed by atoms with Crippen LogP contribution >= 0.6 is 0 Å². The highest BCUT2D eigenvalue weighted by Crippen LogP contribution is 1.81. The Labute approximate surface area is 59.3 Å². The van der Waals surface area contributed by atoms with Crippen molar-refractivity contribution < 1.29 is 24.7 Å². The number of rotatable bonds is 7. The topological polar surface area (TPSA) is 57.2 Å². The van der Waals surface area contributed by atoms with Crippen LogP contribution < -0.4 is 0 Å². The molecule has 0 heterocycles. The molecule has 0 bridgehead atoms. The van der Waals surface area contributed by atoms with E-state index in [1.54, 1.807) is 6.92 Å². The molecule has 0 saturated carbocycles. The van der Waals surface area contributed by atoms with Crippen LogP contribution in [0.25, 0.3) is 0 Å². The van der Waals surface area contributed by atoms with Gasteiger partial charge in [-0.25, -0.2) is 19.6 Å². The van der Waals surface area contributed by atoms with Crippen LogP contribution in [0.15, 0.2) is 0 Å². The van der Waals surface area contributed by atoms with Crippen molar-refractivity contribution in [2.24, 2.45) is 0 Å². The largest absolute Gasteiger partial charge is 0.394 e. The Morgan fingerprint density at radius 2 is 1.80 bits per heavy atom. The van der Waals surface area contributed by atoms with Crippen LogP contribution in [0.5, 0.6) is 0 Å². The van der Waals surface area contributed by atoms with Gasteiger partial charge in [-0.05, 0) is 6.92 Å². The van der Waals surface area contributed by atoms with E-state index in [1.807, 2.05) is 0 Å². The van der Waals surface area contributed by atoms with Crippen LogP contribution in [-0.4, -0.2) is 31.7 Å². The van der Waals surface area contributed by atoms with Crippen molar-refractivity contribution in [3.63, 3.8) is 0 Å². The molecule has 0 amide bonds. The summed E-state index contributed by atoms with van der Waals surface area (Å²) < 4.78 is 0. The lowest BCUT2D eigenvalue weighted by molar-refractivity contribution is -0.418. The van der Waals surface area contributed by atoms with Crippen LogP contribution in [-0.2, 0) is 19.6 Å². The lowest BCUT2D eigenvalue weighted by Gasteiger charge is -2.01. The van der Waals surface area contributed by atoms with Gasteiger partial charge in [-0.3, -0.25) is 0 Å². The number of aliphatic hydroxyl groups is 1. The van der Waals surface area contributed by atoms with E-state index in [1.165, 1.54) is 0 Å². The molecule has 0 aliphatic rings. The van der Waals surface area contributed by atoms with Gasteiger partial charge in [0.2, 0.25) is 6.79 Å². The third kappa shape index (κ3) is 7.80. The molecule has 0 atom stereocenters. The standard InChI is InChI=1S/C5H12O5/c1-2-7-9-5-10-8-4-3-6/h6H,2-5H2,1H3. The molecule has 0 aliphatic heterocycles. The van der Waals surface area contributed by atoms with E-state index in [4.69, 9.17) is 5.11 Å². The second kappa shape index (κ2) is 8.80. The van der Waals surface area contributed by atoms with E-state index in [0.717, 1.165) is 0 Å². The molecule has 1 N–H and O–H groups in total. The minimum Gasteiger partial charge on any atom is -0.394 e. The van der Waals surface area contributed by atoms with Crippen molar-refractivity contribution in [3.05, 3.63) is 0 Å². The fourth-order valence-corrected chi connectivity index (χ4v) is 0.267. The Hall–Kier alpha value is -0.200. The quantitative estimate of drug-likeness (QED) is 0.238. The van der Waals surface area contributed by atoms with Gasteiger partial charge >= 0.3 is 0 Å². The first-order valence-electron chi connectivity index (χ1n) is 3.01. The zero-order valence-electron chi connectivity index (χ0n) is 5.91. The van der Waals surface area contributed by atoms with Gasteiger partial charge in [-0.15, -0.1) is 0 Å². The summed E-state index contributed by atoms with van der Waals surface area (Å²) in [6.07, 6.45) is 0. The van der Waals surface area contributed by atoms with Crippen LogP contribution in [0.2, 0.25) is 0 Å². The van der Waals surface area contributed by atoms with E-state index in [2.05, 4.69) is 19.6 Å². The Bertz CT molecular complexity index is 50.0. The fourth-order valence-electron chi connectivity index (χ4n) is 0.267. The normalized spacial score (nSPS) is 10.2. The average Bonchev–Trinajstić information content (AvgIpc) is 1.97. The molecule has 5 heteroatoms. The second-order valence-corrected chi connectivity index (χ2v) is 1.31. The highest BCUT2D eigenvalue weighted by molar-refractivity contribution is 4.11. The SMILES string of the molecule is CCOOCOOCCO. The lowest BCUT2D eigenvalue weighted by atomic mass is 10.8. The maximum absolute atomic E-state index is 8.19. The minimum atomic E-state index is -0.0894. The fraction of sp³-hybridized carbons (Fsp3) is 1.00. The number of aliphatic hydroxyl groups excluding tert-OH is 1. The molecule has 0 fully saturated rings. The molecule has 62 valence electrons. The van der Waals surface area contributed by atoms with Crippen molar-refractivity contribution in [1.29, 1.82) is 0 Å². The van der Waals surface area contributed by atoms with Crippen molar-refractivity contribution in [2.75, 3.05) is 26.6 Å². The molecule has 0 spiro atoms. The summed E-state index contributed by atoms with van der Waals surface area (Å²) in [5, 5.41) is 8.19. The Morgan fingerprint density at radius 3 is 2.40 bits per heavy atom. The van der Waals surface area contributed by atoms with Crippen molar-refractivity contribution in [2.45, 2.75) is 6.92 Å². The maximum atomic E-state index is 8.19. The van der Waals surface area contributed by atoms with Gasteiger partial charge in [-0.1, -0.05) is 0 Å². The van der Waals surface area contributed by atoms with E-state index < -0.39 is 0 Å². The molecule has 0 unspecified atom stereocenters. The molecule has 0 radical (unpaired) electrons. The van der Waals surface area contributed by atoms with Crippen LogP contribution in [0.3, 0.4) is 0 Å². The second-order valence-electron chi connectivity index (χ2n) is 1.31. The predicted octanol–water partition coefficient (Wildman–Crippen LogP) is -0.148. The first-order chi connectivity index (χ1) is 4.91. The predicted molar refractivity (Wildman–Crippen MR) is 31.7 cm³/mol. The Balaban J connectivity index is 2.65. The Kier molecular flexibility index (Phi) is 8.62. The van der Waals surface area contributed by atoms with Crippen LogP contribution in [0.4, 0.5) is 0 Å². The summed E-state index contributed by atoms with van der Waals surface area (Å²) in [5.41, 5.74) is 0. The van der Waals surface area contributed by atoms with Crippen molar-refractivity contribution in [3.8, 4) is 0 Å². The van der Waals surface area contributed by atoms with Gasteiger partial charge in [0.1, 0.15) is 6.61 Å². The highest BCUT2D eigenvalue weighted by Gasteiger charge is 1.86. The zero-order valence-corrected chi connectivity index (χ0v) is 5.91. The molecule has 0 aromatic carbocycles. The molecule has 0 saturated heterocycles. The summed E-state index contributed by atoms with van der Waals surface area (Å²) in [6.45, 7) is 2.22. The van der Waals surface area contributed by atoms with E-state index in [-0.39, 0.29) is 20.0 Å². The summed E-state index contributed by atoms with van der Waals surface area (Å²) in [6, 6.07) is 0. The third-order valence-electron chi connectivity index (χ3n) is 0.555. The first-order valence-corrected chi connectivity index (χ1v) is 3.01. The molecule has 0 rings (SSSR count). The van der Waals surface area contributed by atoms with Crippen molar-refractivity contribution in [1.82, 2.24) is 0 Å². The molecule has 10 heavy (non-hydrogen) atoms. The minimum absolute atomic E-state index is 0.0748. The van der Waals surface area contributed by atoms with Gasteiger partial charge in [0, 0.05) is 0 Å². The van der Waals surface area contributed by atoms with Crippen LogP contribution in [0.1, 0.15) is 6.92 Å². The van der Waals surface area contributed by atoms with Crippen molar-refractivity contribution >= 4 is 0 Å². The maximum Gasteiger partial charge on any atom is 0.214 e. The van der Waals surface area contributed by atoms with E-state index in [0.29, 0.717) is 6.61 Å². The monoisotopic (exact) mass is 152 g/mol. The van der Waals surface area contributed by atoms with Crippen LogP contribution in [0, 0.1) is 0 Å². The molecular formula is C5H12O5. The highest BCUT2D eigenvalue weighted by atomic mass is 17.3. The summed E-state index contributed by atoms with van der Waals surface area (Å²) in [5.74, 6) is 0. The van der Waals surface area contributed by atoms with Gasteiger partial charge in [0.05, 0.1) is 13.2 Å². The molecule has 0 aromatic rings. The Morgan fingerprint density at radius 1 is 1.10 bits per heavy atom. The van der Waals surface area contributed by atoms with Gasteiger partial charge in [0.25, 0.3) is 0 Å². The third-order valence-corrected chi connectivity index (χ3v) is 0.555. The van der Waals surface area contributed by atoms with E-state index >= 15 is 0 Å². The summed E-state index contributed by atoms with van der Waals surface area (Å²) in [7, 11) is 0. The summed E-state index contributed by atoms with van der Waals surface area (Å²) in [4.78, 5) is 17.6. The molecule has 5 nitrogen and oxygen atoms in total. The number of hydrogen-bond donors (Lipinski definition) is 1. The smallest absolute Gasteiger partial charge is 0.214 e. The van der Waals surface area contributed by atoms with E-state index in [9.17, 15) is 0 Å². The lowest BCUT2D eigenvalue weighted by Crippen LogP contribution is -2.04. The molecule has 0 aromatic heterocycles. The van der Waals surface area contributed by atoms with Gasteiger partial charge in [-0.2, -0.15) is 0 Å². The zero-order chi connectivity index (χ0) is 7.66. The average molecular weight is 152 g/mol. The molecular weight excluding hydrogens is 140 g/mol. The summed E-state index contributed by atoms with van der Waals surface area (Å²) >= 11 is 0. The molecule has 0 aliphatic carbocycles. The number of hydrogen-bond acceptors (Lipinski definition) is 5. The van der Waals surface area contributed by atoms with Gasteiger partial charge < -0.3 is 5.11 Å². The first kappa shape index (κ1) is 9.80.